The van der Waals surface area contributed by atoms with Crippen molar-refractivity contribution in [2.24, 2.45) is 0 Å². The third kappa shape index (κ3) is 119. The molecule has 0 bridgehead atoms. The first-order valence-electron chi connectivity index (χ1n) is 55.2. The van der Waals surface area contributed by atoms with Crippen LogP contribution in [0.2, 0.25) is 0 Å². The van der Waals surface area contributed by atoms with Crippen molar-refractivity contribution >= 4 is 22.1 Å². The van der Waals surface area contributed by atoms with Gasteiger partial charge in [-0.05, 0) is 75.5 Å². The summed E-state index contributed by atoms with van der Waals surface area (Å²) in [4.78, 5) is 37.1. The van der Waals surface area contributed by atoms with Gasteiger partial charge in [0.2, 0.25) is 0 Å². The quantitative estimate of drug-likeness (QED) is 0.0340. The van der Waals surface area contributed by atoms with Gasteiger partial charge in [0.1, 0.15) is 0 Å². The minimum absolute atomic E-state index is 0. The van der Waals surface area contributed by atoms with Crippen LogP contribution in [0.25, 0.3) is 0 Å². The molecule has 0 aromatic rings. The Morgan fingerprint density at radius 2 is 0.161 bits per heavy atom. The molecule has 0 aliphatic heterocycles. The van der Waals surface area contributed by atoms with Crippen LogP contribution in [0, 0.1) is 0 Å². The standard InChI is InChI=1S/3C36H75O2P.Fe/c3*1-3-5-7-9-11-13-15-17-19-21-23-25-27-29-31-33-35-39(37,38)36-34-32-30-28-26-24-22-20-18-16-14-12-10-8-6-4-2;/h3*3-36H2,1-2H3,(H,37,38);/q;;;+3/p-3. The molecule has 0 aromatic carbocycles. The Kier molecular flexibility index (Phi) is 117. The second-order valence-corrected chi connectivity index (χ2v) is 46.2. The van der Waals surface area contributed by atoms with Gasteiger partial charge >= 0.3 is 17.1 Å². The van der Waals surface area contributed by atoms with Gasteiger partial charge in [-0.1, -0.05) is 619 Å². The molecule has 10 heteroatoms. The SMILES string of the molecule is CCCCCCCCCCCCCCCCCCP(=O)([O-])CCCCCCCCCCCCCCCCCC.CCCCCCCCCCCCCCCCCCP(=O)([O-])CCCCCCCCCCCCCCCCCC.CCCCCCCCCCCCCCCCCCP(=O)([O-])CCCCCCCCCCCCCCCCCC.[Fe+3]. The van der Waals surface area contributed by atoms with E-state index < -0.39 is 22.1 Å². The van der Waals surface area contributed by atoms with E-state index in [0.29, 0.717) is 37.0 Å². The first-order valence-corrected chi connectivity index (χ1v) is 61.2. The Bertz CT molecular complexity index is 1570. The molecule has 118 heavy (non-hydrogen) atoms. The fourth-order valence-corrected chi connectivity index (χ4v) is 22.6. The summed E-state index contributed by atoms with van der Waals surface area (Å²) in [6.07, 6.45) is 131. The molecule has 0 saturated heterocycles. The fraction of sp³-hybridized carbons (Fsp3) is 1.00. The summed E-state index contributed by atoms with van der Waals surface area (Å²) in [7, 11) is -9.36. The van der Waals surface area contributed by atoms with E-state index in [1.807, 2.05) is 0 Å². The van der Waals surface area contributed by atoms with Crippen LogP contribution in [0.3, 0.4) is 0 Å². The third-order valence-corrected chi connectivity index (χ3v) is 32.1. The predicted octanol–water partition coefficient (Wildman–Crippen LogP) is 39.4. The van der Waals surface area contributed by atoms with E-state index in [0.717, 1.165) is 77.0 Å². The number of unbranched alkanes of at least 4 members (excludes halogenated alkanes) is 90. The molecule has 0 saturated carbocycles. The van der Waals surface area contributed by atoms with E-state index in [1.54, 1.807) is 0 Å². The molecular formula is C108H222FeO6P3. The molecule has 0 amide bonds. The zero-order valence-corrected chi connectivity index (χ0v) is 86.1. The number of hydrogen-bond acceptors (Lipinski definition) is 6. The van der Waals surface area contributed by atoms with Crippen molar-refractivity contribution in [1.29, 1.82) is 0 Å². The van der Waals surface area contributed by atoms with E-state index in [9.17, 15) is 28.4 Å². The Hall–Kier alpha value is 1.09. The minimum Gasteiger partial charge on any atom is -0.799 e. The molecular weight excluding hydrogens is 1540 g/mol. The van der Waals surface area contributed by atoms with Gasteiger partial charge in [-0.3, -0.25) is 0 Å². The summed E-state index contributed by atoms with van der Waals surface area (Å²) in [5.74, 6) is 0. The normalized spacial score (nSPS) is 11.9. The average molecular weight is 1770 g/mol. The largest absolute Gasteiger partial charge is 3.00 e. The van der Waals surface area contributed by atoms with Crippen LogP contribution in [-0.4, -0.2) is 37.0 Å². The van der Waals surface area contributed by atoms with Crippen LogP contribution in [-0.2, 0) is 30.8 Å². The summed E-state index contributed by atoms with van der Waals surface area (Å²) in [6.45, 7) is 13.7. The van der Waals surface area contributed by atoms with Crippen molar-refractivity contribution in [3.05, 3.63) is 0 Å². The first-order chi connectivity index (χ1) is 57.4. The zero-order chi connectivity index (χ0) is 85.6. The Labute approximate surface area is 757 Å². The smallest absolute Gasteiger partial charge is 0.799 e. The fourth-order valence-electron chi connectivity index (χ4n) is 17.7. The Morgan fingerprint density at radius 3 is 0.220 bits per heavy atom. The maximum Gasteiger partial charge on any atom is 3.00 e. The van der Waals surface area contributed by atoms with Gasteiger partial charge in [0.25, 0.3) is 0 Å². The van der Waals surface area contributed by atoms with Crippen LogP contribution < -0.4 is 14.7 Å². The van der Waals surface area contributed by atoms with Crippen molar-refractivity contribution in [3.8, 4) is 0 Å². The van der Waals surface area contributed by atoms with Crippen molar-refractivity contribution in [2.75, 3.05) is 37.0 Å². The van der Waals surface area contributed by atoms with E-state index in [2.05, 4.69) is 41.5 Å². The zero-order valence-electron chi connectivity index (χ0n) is 82.3. The summed E-state index contributed by atoms with van der Waals surface area (Å²) in [5, 5.41) is 0. The third-order valence-electron chi connectivity index (χ3n) is 26.1. The van der Waals surface area contributed by atoms with Gasteiger partial charge in [-0.2, -0.15) is 0 Å². The van der Waals surface area contributed by atoms with Crippen LogP contribution in [0.4, 0.5) is 0 Å². The van der Waals surface area contributed by atoms with Gasteiger partial charge in [0.05, 0.1) is 0 Å². The molecule has 0 heterocycles. The predicted molar refractivity (Wildman–Crippen MR) is 529 cm³/mol. The van der Waals surface area contributed by atoms with E-state index in [1.165, 1.54) is 539 Å². The molecule has 0 spiro atoms. The molecule has 0 N–H and O–H groups in total. The number of rotatable bonds is 102. The van der Waals surface area contributed by atoms with Crippen LogP contribution in [0.5, 0.6) is 0 Å². The second-order valence-electron chi connectivity index (χ2n) is 38.6. The van der Waals surface area contributed by atoms with E-state index in [4.69, 9.17) is 0 Å². The molecule has 6 nitrogen and oxygen atoms in total. The van der Waals surface area contributed by atoms with Crippen LogP contribution in [0.15, 0.2) is 0 Å². The summed E-state index contributed by atoms with van der Waals surface area (Å²) < 4.78 is 37.1. The maximum atomic E-state index is 12.4. The van der Waals surface area contributed by atoms with Gasteiger partial charge in [-0.15, -0.1) is 0 Å². The molecule has 0 fully saturated rings. The van der Waals surface area contributed by atoms with Gasteiger partial charge in [0.15, 0.2) is 0 Å². The van der Waals surface area contributed by atoms with Crippen molar-refractivity contribution in [3.63, 3.8) is 0 Å². The Balaban J connectivity index is -0.000000823. The molecule has 0 aliphatic carbocycles. The summed E-state index contributed by atoms with van der Waals surface area (Å²) in [6, 6.07) is 0. The molecule has 0 aliphatic rings. The molecule has 0 unspecified atom stereocenters. The molecule has 0 atom stereocenters. The van der Waals surface area contributed by atoms with Crippen molar-refractivity contribution < 1.29 is 45.4 Å². The molecule has 0 aromatic heterocycles. The summed E-state index contributed by atoms with van der Waals surface area (Å²) in [5.41, 5.74) is 0. The number of hydrogen-bond donors (Lipinski definition) is 0. The first kappa shape index (κ1) is 125. The average Bonchev–Trinajstić information content (AvgIpc) is 0.951. The van der Waals surface area contributed by atoms with Crippen LogP contribution >= 0.6 is 22.1 Å². The van der Waals surface area contributed by atoms with E-state index in [-0.39, 0.29) is 17.1 Å². The van der Waals surface area contributed by atoms with Gasteiger partial charge in [0, 0.05) is 22.1 Å². The summed E-state index contributed by atoms with van der Waals surface area (Å²) >= 11 is 0. The topological polar surface area (TPSA) is 120 Å². The molecule has 1 radical (unpaired) electrons. The van der Waals surface area contributed by atoms with Crippen LogP contribution in [0.1, 0.15) is 658 Å². The Morgan fingerprint density at radius 1 is 0.110 bits per heavy atom. The minimum atomic E-state index is -3.12. The maximum absolute atomic E-state index is 12.4. The van der Waals surface area contributed by atoms with E-state index >= 15 is 0 Å². The van der Waals surface area contributed by atoms with Gasteiger partial charge in [-0.25, -0.2) is 0 Å². The second kappa shape index (κ2) is 110. The molecule has 0 rings (SSSR count). The van der Waals surface area contributed by atoms with Crippen molar-refractivity contribution in [2.45, 2.75) is 658 Å². The molecule has 713 valence electrons. The van der Waals surface area contributed by atoms with Gasteiger partial charge < -0.3 is 28.4 Å². The van der Waals surface area contributed by atoms with Crippen molar-refractivity contribution in [1.82, 2.24) is 0 Å². The monoisotopic (exact) mass is 1760 g/mol.